The van der Waals surface area contributed by atoms with Crippen molar-refractivity contribution in [3.63, 3.8) is 0 Å². The minimum absolute atomic E-state index is 0.109. The second-order valence-corrected chi connectivity index (χ2v) is 4.39. The largest absolute Gasteiger partial charge is 0.361 e. The fourth-order valence-corrected chi connectivity index (χ4v) is 2.06. The molecule has 1 amide bonds. The molecule has 2 aromatic rings. The van der Waals surface area contributed by atoms with Crippen LogP contribution in [-0.2, 0) is 11.2 Å². The number of aromatic amines is 1. The van der Waals surface area contributed by atoms with Crippen LogP contribution < -0.4 is 5.32 Å². The lowest BCUT2D eigenvalue weighted by Crippen LogP contribution is -2.33. The van der Waals surface area contributed by atoms with Gasteiger partial charge in [-0.3, -0.25) is 4.79 Å². The fraction of sp³-hybridized carbons (Fsp3) is 0.357. The smallest absolute Gasteiger partial charge is 0.219 e. The van der Waals surface area contributed by atoms with Crippen LogP contribution in [0.25, 0.3) is 10.9 Å². The van der Waals surface area contributed by atoms with E-state index in [0.29, 0.717) is 6.42 Å². The monoisotopic (exact) mass is 230 g/mol. The Hall–Kier alpha value is -1.77. The molecular weight excluding hydrogens is 212 g/mol. The summed E-state index contributed by atoms with van der Waals surface area (Å²) in [6.07, 6.45) is 3.42. The molecule has 2 rings (SSSR count). The van der Waals surface area contributed by atoms with Gasteiger partial charge in [-0.2, -0.15) is 0 Å². The van der Waals surface area contributed by atoms with Crippen LogP contribution >= 0.6 is 0 Å². The Morgan fingerprint density at radius 1 is 1.41 bits per heavy atom. The molecule has 3 heteroatoms. The molecule has 3 nitrogen and oxygen atoms in total. The van der Waals surface area contributed by atoms with Crippen LogP contribution in [0, 0.1) is 0 Å². The summed E-state index contributed by atoms with van der Waals surface area (Å²) in [5.41, 5.74) is 2.40. The number of fused-ring (bicyclic) bond motifs is 1. The van der Waals surface area contributed by atoms with Gasteiger partial charge in [0.1, 0.15) is 0 Å². The van der Waals surface area contributed by atoms with E-state index in [4.69, 9.17) is 0 Å². The molecule has 0 fully saturated rings. The minimum atomic E-state index is 0.109. The number of amides is 1. The molecule has 2 N–H and O–H groups in total. The SMILES string of the molecule is CCC(=O)NC(C)Cc1c[nH]c2ccccc12. The Morgan fingerprint density at radius 3 is 2.94 bits per heavy atom. The Labute approximate surface area is 101 Å². The Bertz CT molecular complexity index is 516. The van der Waals surface area contributed by atoms with E-state index >= 15 is 0 Å². The molecule has 1 aromatic carbocycles. The number of nitrogens with one attached hydrogen (secondary N) is 2. The van der Waals surface area contributed by atoms with E-state index in [-0.39, 0.29) is 11.9 Å². The van der Waals surface area contributed by atoms with Gasteiger partial charge in [0.05, 0.1) is 0 Å². The third-order valence-corrected chi connectivity index (χ3v) is 2.93. The van der Waals surface area contributed by atoms with Gasteiger partial charge >= 0.3 is 0 Å². The lowest BCUT2D eigenvalue weighted by atomic mass is 10.1. The Kier molecular flexibility index (Phi) is 3.47. The summed E-state index contributed by atoms with van der Waals surface area (Å²) >= 11 is 0. The standard InChI is InChI=1S/C14H18N2O/c1-3-14(17)16-10(2)8-11-9-15-13-7-5-4-6-12(11)13/h4-7,9-10,15H,3,8H2,1-2H3,(H,16,17). The van der Waals surface area contributed by atoms with Crippen LogP contribution in [0.2, 0.25) is 0 Å². The quantitative estimate of drug-likeness (QED) is 0.833. The average Bonchev–Trinajstić information content (AvgIpc) is 2.72. The molecule has 1 heterocycles. The molecule has 0 saturated carbocycles. The third kappa shape index (κ3) is 2.67. The van der Waals surface area contributed by atoms with E-state index in [2.05, 4.69) is 22.4 Å². The summed E-state index contributed by atoms with van der Waals surface area (Å²) in [7, 11) is 0. The number of hydrogen-bond donors (Lipinski definition) is 2. The second-order valence-electron chi connectivity index (χ2n) is 4.39. The van der Waals surface area contributed by atoms with Crippen molar-refractivity contribution in [2.75, 3.05) is 0 Å². The van der Waals surface area contributed by atoms with Gasteiger partial charge in [-0.05, 0) is 25.0 Å². The summed E-state index contributed by atoms with van der Waals surface area (Å²) in [4.78, 5) is 14.5. The van der Waals surface area contributed by atoms with Gasteiger partial charge in [0.2, 0.25) is 5.91 Å². The molecule has 0 saturated heterocycles. The normalized spacial score (nSPS) is 12.6. The third-order valence-electron chi connectivity index (χ3n) is 2.93. The molecular formula is C14H18N2O. The molecule has 1 aromatic heterocycles. The average molecular weight is 230 g/mol. The van der Waals surface area contributed by atoms with E-state index in [1.54, 1.807) is 0 Å². The first-order valence-corrected chi connectivity index (χ1v) is 6.05. The number of carbonyl (C=O) groups excluding carboxylic acids is 1. The second kappa shape index (κ2) is 5.04. The maximum absolute atomic E-state index is 11.3. The maximum atomic E-state index is 11.3. The highest BCUT2D eigenvalue weighted by molar-refractivity contribution is 5.83. The summed E-state index contributed by atoms with van der Waals surface area (Å²) in [5, 5.41) is 4.22. The molecule has 0 bridgehead atoms. The zero-order chi connectivity index (χ0) is 12.3. The fourth-order valence-electron chi connectivity index (χ4n) is 2.06. The molecule has 17 heavy (non-hydrogen) atoms. The van der Waals surface area contributed by atoms with Crippen LogP contribution in [0.3, 0.4) is 0 Å². The molecule has 0 spiro atoms. The van der Waals surface area contributed by atoms with Crippen molar-refractivity contribution < 1.29 is 4.79 Å². The van der Waals surface area contributed by atoms with Crippen LogP contribution in [0.15, 0.2) is 30.5 Å². The molecule has 1 unspecified atom stereocenters. The summed E-state index contributed by atoms with van der Waals surface area (Å²) in [5.74, 6) is 0.109. The van der Waals surface area contributed by atoms with Gasteiger partial charge in [0.15, 0.2) is 0 Å². The predicted octanol–water partition coefficient (Wildman–Crippen LogP) is 2.63. The summed E-state index contributed by atoms with van der Waals surface area (Å²) in [6, 6.07) is 8.39. The zero-order valence-corrected chi connectivity index (χ0v) is 10.3. The topological polar surface area (TPSA) is 44.9 Å². The Morgan fingerprint density at radius 2 is 2.18 bits per heavy atom. The van der Waals surface area contributed by atoms with Crippen molar-refractivity contribution in [3.8, 4) is 0 Å². The lowest BCUT2D eigenvalue weighted by Gasteiger charge is -2.12. The van der Waals surface area contributed by atoms with Gasteiger partial charge in [-0.1, -0.05) is 25.1 Å². The summed E-state index contributed by atoms with van der Waals surface area (Å²) < 4.78 is 0. The van der Waals surface area contributed by atoms with Crippen LogP contribution in [0.4, 0.5) is 0 Å². The number of carbonyl (C=O) groups is 1. The van der Waals surface area contributed by atoms with Gasteiger partial charge in [0, 0.05) is 29.6 Å². The van der Waals surface area contributed by atoms with Gasteiger partial charge < -0.3 is 10.3 Å². The molecule has 0 aliphatic heterocycles. The van der Waals surface area contributed by atoms with Crippen molar-refractivity contribution in [2.24, 2.45) is 0 Å². The first-order chi connectivity index (χ1) is 8.20. The van der Waals surface area contributed by atoms with E-state index in [1.807, 2.05) is 32.2 Å². The highest BCUT2D eigenvalue weighted by atomic mass is 16.1. The van der Waals surface area contributed by atoms with Gasteiger partial charge in [0.25, 0.3) is 0 Å². The molecule has 90 valence electrons. The molecule has 0 aliphatic carbocycles. The Balaban J connectivity index is 2.10. The van der Waals surface area contributed by atoms with Crippen molar-refractivity contribution in [2.45, 2.75) is 32.7 Å². The number of hydrogen-bond acceptors (Lipinski definition) is 1. The minimum Gasteiger partial charge on any atom is -0.361 e. The maximum Gasteiger partial charge on any atom is 0.219 e. The van der Waals surface area contributed by atoms with E-state index in [9.17, 15) is 4.79 Å². The number of benzene rings is 1. The van der Waals surface area contributed by atoms with Crippen molar-refractivity contribution in [1.29, 1.82) is 0 Å². The van der Waals surface area contributed by atoms with Crippen molar-refractivity contribution >= 4 is 16.8 Å². The lowest BCUT2D eigenvalue weighted by molar-refractivity contribution is -0.121. The zero-order valence-electron chi connectivity index (χ0n) is 10.3. The van der Waals surface area contributed by atoms with Gasteiger partial charge in [-0.15, -0.1) is 0 Å². The van der Waals surface area contributed by atoms with E-state index in [1.165, 1.54) is 10.9 Å². The molecule has 0 aliphatic rings. The first-order valence-electron chi connectivity index (χ1n) is 6.05. The highest BCUT2D eigenvalue weighted by Gasteiger charge is 2.09. The van der Waals surface area contributed by atoms with Crippen molar-refractivity contribution in [3.05, 3.63) is 36.0 Å². The van der Waals surface area contributed by atoms with E-state index < -0.39 is 0 Å². The molecule has 1 atom stereocenters. The molecule has 0 radical (unpaired) electrons. The van der Waals surface area contributed by atoms with Crippen LogP contribution in [0.5, 0.6) is 0 Å². The van der Waals surface area contributed by atoms with Gasteiger partial charge in [-0.25, -0.2) is 0 Å². The van der Waals surface area contributed by atoms with Crippen LogP contribution in [-0.4, -0.2) is 16.9 Å². The van der Waals surface area contributed by atoms with Crippen molar-refractivity contribution in [1.82, 2.24) is 10.3 Å². The number of H-pyrrole nitrogens is 1. The van der Waals surface area contributed by atoms with E-state index in [0.717, 1.165) is 11.9 Å². The van der Waals surface area contributed by atoms with Crippen LogP contribution in [0.1, 0.15) is 25.8 Å². The number of para-hydroxylation sites is 1. The number of rotatable bonds is 4. The number of aromatic nitrogens is 1. The summed E-state index contributed by atoms with van der Waals surface area (Å²) in [6.45, 7) is 3.91. The first kappa shape index (κ1) is 11.7. The predicted molar refractivity (Wildman–Crippen MR) is 69.9 cm³/mol. The highest BCUT2D eigenvalue weighted by Crippen LogP contribution is 2.18.